The molecule has 0 aliphatic carbocycles. The van der Waals surface area contributed by atoms with Crippen LogP contribution >= 0.6 is 11.6 Å². The van der Waals surface area contributed by atoms with Crippen LogP contribution in [0.4, 0.5) is 0 Å². The molecule has 0 N–H and O–H groups in total. The van der Waals surface area contributed by atoms with Gasteiger partial charge in [-0.3, -0.25) is 0 Å². The van der Waals surface area contributed by atoms with Gasteiger partial charge in [0.25, 0.3) is 0 Å². The Balaban J connectivity index is 2.51. The first-order valence-electron chi connectivity index (χ1n) is 3.77. The van der Waals surface area contributed by atoms with E-state index >= 15 is 0 Å². The largest absolute Gasteiger partial charge is 0.453 e. The van der Waals surface area contributed by atoms with Crippen LogP contribution in [0.5, 0.6) is 11.5 Å². The van der Waals surface area contributed by atoms with Gasteiger partial charge in [-0.25, -0.2) is 0 Å². The molecule has 13 heavy (non-hydrogen) atoms. The van der Waals surface area contributed by atoms with E-state index in [2.05, 4.69) is 6.07 Å². The summed E-state index contributed by atoms with van der Waals surface area (Å²) in [6.45, 7) is 0.178. The van der Waals surface area contributed by atoms with Crippen LogP contribution in [0.15, 0.2) is 12.1 Å². The van der Waals surface area contributed by atoms with Crippen molar-refractivity contribution in [2.75, 3.05) is 6.79 Å². The van der Waals surface area contributed by atoms with Crippen molar-refractivity contribution in [3.8, 4) is 17.6 Å². The first-order chi connectivity index (χ1) is 6.33. The van der Waals surface area contributed by atoms with Gasteiger partial charge >= 0.3 is 0 Å². The highest BCUT2D eigenvalue weighted by atomic mass is 35.5. The second kappa shape index (κ2) is 3.15. The lowest BCUT2D eigenvalue weighted by Crippen LogP contribution is -1.94. The van der Waals surface area contributed by atoms with Gasteiger partial charge in [0, 0.05) is 5.56 Å². The monoisotopic (exact) mass is 195 g/mol. The predicted octanol–water partition coefficient (Wildman–Crippen LogP) is 2.13. The van der Waals surface area contributed by atoms with Gasteiger partial charge in [0.15, 0.2) is 11.5 Å². The fourth-order valence-electron chi connectivity index (χ4n) is 1.24. The van der Waals surface area contributed by atoms with Crippen molar-refractivity contribution in [3.05, 3.63) is 22.7 Å². The third-order valence-corrected chi connectivity index (χ3v) is 2.12. The van der Waals surface area contributed by atoms with E-state index in [9.17, 15) is 0 Å². The molecule has 1 aliphatic heterocycles. The van der Waals surface area contributed by atoms with Crippen LogP contribution in [0.25, 0.3) is 0 Å². The molecule has 2 rings (SSSR count). The molecule has 66 valence electrons. The van der Waals surface area contributed by atoms with E-state index in [-0.39, 0.29) is 6.79 Å². The minimum Gasteiger partial charge on any atom is -0.453 e. The summed E-state index contributed by atoms with van der Waals surface area (Å²) in [5, 5.41) is 9.06. The maximum absolute atomic E-state index is 8.54. The Hall–Kier alpha value is -1.40. The first-order valence-corrected chi connectivity index (χ1v) is 4.14. The Kier molecular flexibility index (Phi) is 1.99. The Morgan fingerprint density at radius 3 is 2.92 bits per heavy atom. The Morgan fingerprint density at radius 2 is 2.15 bits per heavy atom. The SMILES string of the molecule is N#CCc1ccc(Cl)c2c1OCO2. The molecule has 1 aromatic rings. The molecule has 0 amide bonds. The van der Waals surface area contributed by atoms with Gasteiger partial charge in [0.1, 0.15) is 0 Å². The third kappa shape index (κ3) is 1.30. The lowest BCUT2D eigenvalue weighted by atomic mass is 10.1. The number of hydrogen-bond acceptors (Lipinski definition) is 3. The number of halogens is 1. The second-order valence-corrected chi connectivity index (χ2v) is 3.01. The Bertz CT molecular complexity index is 384. The minimum absolute atomic E-state index is 0.178. The van der Waals surface area contributed by atoms with Crippen molar-refractivity contribution >= 4 is 11.6 Å². The van der Waals surface area contributed by atoms with E-state index in [1.54, 1.807) is 12.1 Å². The molecule has 1 heterocycles. The number of ether oxygens (including phenoxy) is 2. The Morgan fingerprint density at radius 1 is 1.38 bits per heavy atom. The lowest BCUT2D eigenvalue weighted by molar-refractivity contribution is 0.173. The van der Waals surface area contributed by atoms with Crippen LogP contribution in [-0.2, 0) is 6.42 Å². The molecule has 0 saturated heterocycles. The molecule has 0 aromatic heterocycles. The summed E-state index contributed by atoms with van der Waals surface area (Å²) < 4.78 is 10.4. The molecule has 0 saturated carbocycles. The molecule has 3 nitrogen and oxygen atoms in total. The van der Waals surface area contributed by atoms with Crippen molar-refractivity contribution in [2.45, 2.75) is 6.42 Å². The van der Waals surface area contributed by atoms with Gasteiger partial charge in [0.05, 0.1) is 17.5 Å². The van der Waals surface area contributed by atoms with E-state index in [0.717, 1.165) is 5.56 Å². The molecule has 0 bridgehead atoms. The summed E-state index contributed by atoms with van der Waals surface area (Å²) in [6, 6.07) is 5.54. The zero-order valence-corrected chi connectivity index (χ0v) is 7.47. The van der Waals surface area contributed by atoms with Gasteiger partial charge in [-0.1, -0.05) is 17.7 Å². The van der Waals surface area contributed by atoms with Gasteiger partial charge in [-0.05, 0) is 6.07 Å². The van der Waals surface area contributed by atoms with Crippen LogP contribution in [-0.4, -0.2) is 6.79 Å². The van der Waals surface area contributed by atoms with Crippen LogP contribution in [0.1, 0.15) is 5.56 Å². The highest BCUT2D eigenvalue weighted by Crippen LogP contribution is 2.41. The van der Waals surface area contributed by atoms with E-state index in [1.165, 1.54) is 0 Å². The number of benzene rings is 1. The first kappa shape index (κ1) is 8.21. The number of nitrogens with zero attached hydrogens (tertiary/aromatic N) is 1. The minimum atomic E-state index is 0.178. The fraction of sp³-hybridized carbons (Fsp3) is 0.222. The maximum Gasteiger partial charge on any atom is 0.231 e. The molecule has 0 fully saturated rings. The molecule has 1 aliphatic rings. The third-order valence-electron chi connectivity index (χ3n) is 1.82. The number of fused-ring (bicyclic) bond motifs is 1. The number of rotatable bonds is 1. The summed E-state index contributed by atoms with van der Waals surface area (Å²) in [5.41, 5.74) is 0.819. The highest BCUT2D eigenvalue weighted by molar-refractivity contribution is 6.32. The van der Waals surface area contributed by atoms with Crippen LogP contribution in [0.2, 0.25) is 5.02 Å². The zero-order valence-electron chi connectivity index (χ0n) is 6.71. The molecule has 4 heteroatoms. The molecule has 0 atom stereocenters. The highest BCUT2D eigenvalue weighted by Gasteiger charge is 2.20. The molecule has 0 radical (unpaired) electrons. The van der Waals surface area contributed by atoms with Crippen molar-refractivity contribution in [2.24, 2.45) is 0 Å². The zero-order chi connectivity index (χ0) is 9.26. The van der Waals surface area contributed by atoms with Crippen molar-refractivity contribution < 1.29 is 9.47 Å². The summed E-state index contributed by atoms with van der Waals surface area (Å²) in [5.74, 6) is 1.16. The van der Waals surface area contributed by atoms with Gasteiger partial charge in [-0.15, -0.1) is 0 Å². The van der Waals surface area contributed by atoms with Crippen LogP contribution in [0, 0.1) is 11.3 Å². The lowest BCUT2D eigenvalue weighted by Gasteiger charge is -2.02. The van der Waals surface area contributed by atoms with E-state index in [0.29, 0.717) is 22.9 Å². The number of nitriles is 1. The Labute approximate surface area is 80.4 Å². The fourth-order valence-corrected chi connectivity index (χ4v) is 1.45. The van der Waals surface area contributed by atoms with E-state index in [4.69, 9.17) is 26.3 Å². The topological polar surface area (TPSA) is 42.2 Å². The molecule has 0 unspecified atom stereocenters. The summed E-state index contributed by atoms with van der Waals surface area (Å²) in [4.78, 5) is 0. The molecule has 1 aromatic carbocycles. The predicted molar refractivity (Wildman–Crippen MR) is 46.9 cm³/mol. The molecule has 0 spiro atoms. The van der Waals surface area contributed by atoms with Crippen molar-refractivity contribution in [1.82, 2.24) is 0 Å². The van der Waals surface area contributed by atoms with Gasteiger partial charge in [0.2, 0.25) is 6.79 Å². The molecular formula is C9H6ClNO2. The van der Waals surface area contributed by atoms with E-state index in [1.807, 2.05) is 0 Å². The summed E-state index contributed by atoms with van der Waals surface area (Å²) in [7, 11) is 0. The smallest absolute Gasteiger partial charge is 0.231 e. The summed E-state index contributed by atoms with van der Waals surface area (Å²) >= 11 is 5.85. The van der Waals surface area contributed by atoms with Gasteiger partial charge < -0.3 is 9.47 Å². The second-order valence-electron chi connectivity index (χ2n) is 2.61. The number of hydrogen-bond donors (Lipinski definition) is 0. The van der Waals surface area contributed by atoms with Crippen molar-refractivity contribution in [3.63, 3.8) is 0 Å². The van der Waals surface area contributed by atoms with Crippen LogP contribution < -0.4 is 9.47 Å². The van der Waals surface area contributed by atoms with Gasteiger partial charge in [-0.2, -0.15) is 5.26 Å². The average Bonchev–Trinajstić information content (AvgIpc) is 2.59. The standard InChI is InChI=1S/C9H6ClNO2/c10-7-2-1-6(3-4-11)8-9(7)13-5-12-8/h1-2H,3,5H2. The molecular weight excluding hydrogens is 190 g/mol. The maximum atomic E-state index is 8.54. The van der Waals surface area contributed by atoms with Crippen molar-refractivity contribution in [1.29, 1.82) is 5.26 Å². The average molecular weight is 196 g/mol. The normalized spacial score (nSPS) is 12.6. The van der Waals surface area contributed by atoms with Crippen LogP contribution in [0.3, 0.4) is 0 Å². The van der Waals surface area contributed by atoms with E-state index < -0.39 is 0 Å². The summed E-state index contributed by atoms with van der Waals surface area (Å²) in [6.07, 6.45) is 0.308. The quantitative estimate of drug-likeness (QED) is 0.690.